The second-order valence-corrected chi connectivity index (χ2v) is 21.9. The van der Waals surface area contributed by atoms with Gasteiger partial charge >= 0.3 is 30.4 Å². The third-order valence-electron chi connectivity index (χ3n) is 4.74. The minimum Gasteiger partial charge on any atom is -0.305 e. The molecule has 0 saturated heterocycles. The van der Waals surface area contributed by atoms with E-state index in [0.29, 0.717) is 0 Å². The van der Waals surface area contributed by atoms with Crippen LogP contribution in [-0.2, 0) is 54.5 Å². The van der Waals surface area contributed by atoms with Gasteiger partial charge in [-0.25, -0.2) is 0 Å². The SMILES string of the molecule is CC(C)OP(=O)(OC(C)C)C(CC(P(=O)(OC(C)C)OC(C)C)P(=O)(OC(C)C)OC(C)C)P(=O)(OC(C)C)OC(C)C. The molecule has 0 aliphatic carbocycles. The van der Waals surface area contributed by atoms with Crippen LogP contribution in [0.1, 0.15) is 117 Å². The molecule has 0 N–H and O–H groups in total. The first kappa shape index (κ1) is 43.6. The van der Waals surface area contributed by atoms with Crippen molar-refractivity contribution in [3.63, 3.8) is 0 Å². The van der Waals surface area contributed by atoms with E-state index in [9.17, 15) is 18.3 Å². The summed E-state index contributed by atoms with van der Waals surface area (Å²) in [7, 11) is -17.9. The van der Waals surface area contributed by atoms with Gasteiger partial charge < -0.3 is 36.2 Å². The molecule has 0 saturated carbocycles. The van der Waals surface area contributed by atoms with Crippen molar-refractivity contribution in [2.24, 2.45) is 0 Å². The van der Waals surface area contributed by atoms with Crippen molar-refractivity contribution >= 4 is 30.4 Å². The standard InChI is InChI=1S/C27H60O12P4/c1-18(2)32-40(28,33-19(3)4)26(41(29,34-20(5)6)35-21(7)8)17-27(42(30,36-22(9)10)37-23(11)12)43(31,38-24(13)14)39-25(15)16/h18-27H,17H2,1-16H3. The van der Waals surface area contributed by atoms with E-state index in [1.807, 2.05) is 0 Å². The van der Waals surface area contributed by atoms with Crippen LogP contribution >= 0.6 is 30.4 Å². The second kappa shape index (κ2) is 18.2. The lowest BCUT2D eigenvalue weighted by molar-refractivity contribution is 0.116. The average Bonchev–Trinajstić information content (AvgIpc) is 2.67. The van der Waals surface area contributed by atoms with Crippen molar-refractivity contribution in [2.45, 2.75) is 177 Å². The van der Waals surface area contributed by atoms with Crippen molar-refractivity contribution in [3.8, 4) is 0 Å². The summed E-state index contributed by atoms with van der Waals surface area (Å²) >= 11 is 0. The summed E-state index contributed by atoms with van der Waals surface area (Å²) in [6, 6.07) is 0. The first-order valence-corrected chi connectivity index (χ1v) is 21.6. The van der Waals surface area contributed by atoms with E-state index in [0.717, 1.165) is 0 Å². The molecule has 0 atom stereocenters. The van der Waals surface area contributed by atoms with Crippen molar-refractivity contribution in [1.29, 1.82) is 0 Å². The summed E-state index contributed by atoms with van der Waals surface area (Å²) in [4.78, 5) is 0. The zero-order valence-corrected chi connectivity index (χ0v) is 32.7. The number of hydrogen-bond donors (Lipinski definition) is 0. The topological polar surface area (TPSA) is 142 Å². The van der Waals surface area contributed by atoms with Gasteiger partial charge in [-0.2, -0.15) is 0 Å². The van der Waals surface area contributed by atoms with E-state index in [2.05, 4.69) is 0 Å². The van der Waals surface area contributed by atoms with Crippen LogP contribution < -0.4 is 0 Å². The molecule has 12 nitrogen and oxygen atoms in total. The lowest BCUT2D eigenvalue weighted by Crippen LogP contribution is -2.30. The molecule has 0 aromatic rings. The highest BCUT2D eigenvalue weighted by molar-refractivity contribution is 7.74. The van der Waals surface area contributed by atoms with Crippen LogP contribution in [0.5, 0.6) is 0 Å². The van der Waals surface area contributed by atoms with Gasteiger partial charge in [0.25, 0.3) is 0 Å². The van der Waals surface area contributed by atoms with Gasteiger partial charge in [0.05, 0.1) is 48.8 Å². The Balaban J connectivity index is 8.04. The maximum atomic E-state index is 14.9. The molecule has 43 heavy (non-hydrogen) atoms. The molecule has 0 radical (unpaired) electrons. The molecule has 0 amide bonds. The third kappa shape index (κ3) is 14.9. The molecule has 0 bridgehead atoms. The minimum absolute atomic E-state index is 0.652. The van der Waals surface area contributed by atoms with Gasteiger partial charge in [0.1, 0.15) is 0 Å². The molecule has 0 fully saturated rings. The van der Waals surface area contributed by atoms with Gasteiger partial charge in [0.2, 0.25) is 0 Å². The fourth-order valence-corrected chi connectivity index (χ4v) is 16.7. The number of rotatable bonds is 22. The zero-order valence-electron chi connectivity index (χ0n) is 29.2. The molecule has 0 heterocycles. The first-order valence-electron chi connectivity index (χ1n) is 15.2. The predicted octanol–water partition coefficient (Wildman–Crippen LogP) is 10.2. The smallest absolute Gasteiger partial charge is 0.305 e. The lowest BCUT2D eigenvalue weighted by Gasteiger charge is -2.40. The van der Waals surface area contributed by atoms with E-state index in [-0.39, 0.29) is 0 Å². The molecule has 16 heteroatoms. The Bertz CT molecular complexity index is 800. The van der Waals surface area contributed by atoms with Crippen LogP contribution in [-0.4, -0.2) is 59.6 Å². The Morgan fingerprint density at radius 2 is 0.419 bits per heavy atom. The molecule has 0 rings (SSSR count). The number of hydrogen-bond acceptors (Lipinski definition) is 12. The first-order chi connectivity index (χ1) is 19.3. The van der Waals surface area contributed by atoms with Crippen LogP contribution in [0.3, 0.4) is 0 Å². The van der Waals surface area contributed by atoms with Gasteiger partial charge in [-0.15, -0.1) is 0 Å². The highest BCUT2D eigenvalue weighted by Crippen LogP contribution is 2.79. The van der Waals surface area contributed by atoms with E-state index in [1.54, 1.807) is 111 Å². The Morgan fingerprint density at radius 1 is 0.302 bits per heavy atom. The summed E-state index contributed by atoms with van der Waals surface area (Å²) in [5.74, 6) is 0. The van der Waals surface area contributed by atoms with Crippen molar-refractivity contribution in [3.05, 3.63) is 0 Å². The highest BCUT2D eigenvalue weighted by atomic mass is 31.2. The largest absolute Gasteiger partial charge is 0.346 e. The Morgan fingerprint density at radius 3 is 0.512 bits per heavy atom. The van der Waals surface area contributed by atoms with E-state index in [4.69, 9.17) is 36.2 Å². The lowest BCUT2D eigenvalue weighted by atomic mass is 10.5. The monoisotopic (exact) mass is 700 g/mol. The van der Waals surface area contributed by atoms with Gasteiger partial charge in [-0.05, 0) is 117 Å². The van der Waals surface area contributed by atoms with E-state index < -0.39 is 96.4 Å². The normalized spacial score (nSPS) is 14.6. The zero-order chi connectivity index (χ0) is 34.1. The molecule has 0 spiro atoms. The molecule has 260 valence electrons. The van der Waals surface area contributed by atoms with Gasteiger partial charge in [-0.1, -0.05) is 0 Å². The fraction of sp³-hybridized carbons (Fsp3) is 1.00. The Hall–Kier alpha value is 0.600. The molecule has 0 aliphatic rings. The molecule has 0 aliphatic heterocycles. The Kier molecular flexibility index (Phi) is 18.5. The van der Waals surface area contributed by atoms with Gasteiger partial charge in [-0.3, -0.25) is 18.3 Å². The minimum atomic E-state index is -4.48. The molecule has 0 aromatic heterocycles. The van der Waals surface area contributed by atoms with Crippen LogP contribution in [0, 0.1) is 0 Å². The summed E-state index contributed by atoms with van der Waals surface area (Å²) < 4.78 is 107. The van der Waals surface area contributed by atoms with Gasteiger partial charge in [0, 0.05) is 0 Å². The summed E-state index contributed by atoms with van der Waals surface area (Å²) in [5, 5.41) is -3.45. The van der Waals surface area contributed by atoms with Crippen LogP contribution in [0.15, 0.2) is 0 Å². The van der Waals surface area contributed by atoms with Gasteiger partial charge in [0.15, 0.2) is 10.8 Å². The van der Waals surface area contributed by atoms with Crippen molar-refractivity contribution < 1.29 is 54.5 Å². The van der Waals surface area contributed by atoms with E-state index >= 15 is 0 Å². The molecule has 0 aromatic carbocycles. The summed E-state index contributed by atoms with van der Waals surface area (Å²) in [6.45, 7) is 26.3. The highest BCUT2D eigenvalue weighted by Gasteiger charge is 2.61. The average molecular weight is 701 g/mol. The Labute approximate surface area is 261 Å². The fourth-order valence-electron chi connectivity index (χ4n) is 4.06. The summed E-state index contributed by atoms with van der Waals surface area (Å²) in [5.41, 5.74) is 0. The van der Waals surface area contributed by atoms with Crippen LogP contribution in [0.2, 0.25) is 0 Å². The van der Waals surface area contributed by atoms with Crippen molar-refractivity contribution in [2.75, 3.05) is 0 Å². The summed E-state index contributed by atoms with van der Waals surface area (Å²) in [6.07, 6.45) is -5.92. The molecular weight excluding hydrogens is 640 g/mol. The maximum Gasteiger partial charge on any atom is 0.346 e. The molecule has 0 unspecified atom stereocenters. The third-order valence-corrected chi connectivity index (χ3v) is 17.6. The van der Waals surface area contributed by atoms with E-state index in [1.165, 1.54) is 0 Å². The van der Waals surface area contributed by atoms with Crippen molar-refractivity contribution in [1.82, 2.24) is 0 Å². The quantitative estimate of drug-likeness (QED) is 0.0992. The van der Waals surface area contributed by atoms with Crippen LogP contribution in [0.4, 0.5) is 0 Å². The second-order valence-electron chi connectivity index (χ2n) is 12.6. The van der Waals surface area contributed by atoms with Crippen LogP contribution in [0.25, 0.3) is 0 Å². The predicted molar refractivity (Wildman–Crippen MR) is 172 cm³/mol. The molecular formula is C27H60O12P4. The maximum absolute atomic E-state index is 14.9.